The molecular formula is C21H28O5. The zero-order valence-electron chi connectivity index (χ0n) is 16.0. The Morgan fingerprint density at radius 2 is 1.96 bits per heavy atom. The van der Waals surface area contributed by atoms with Gasteiger partial charge in [-0.3, -0.25) is 0 Å². The zero-order chi connectivity index (χ0) is 18.9. The molecule has 1 aromatic rings. The van der Waals surface area contributed by atoms with Crippen molar-refractivity contribution in [2.45, 2.75) is 64.4 Å². The second-order valence-corrected chi connectivity index (χ2v) is 8.99. The first-order chi connectivity index (χ1) is 12.2. The number of ether oxygens (including phenoxy) is 2. The lowest BCUT2D eigenvalue weighted by atomic mass is 9.50. The van der Waals surface area contributed by atoms with E-state index in [9.17, 15) is 15.0 Å². The van der Waals surface area contributed by atoms with Crippen LogP contribution in [0.3, 0.4) is 0 Å². The average molecular weight is 360 g/mol. The SMILES string of the molecule is COc1c(O)c2c(c3c1[C@H](O)COC3=O)CC[C@H]1C(C)(C)CCC[C@]21C. The van der Waals surface area contributed by atoms with Crippen molar-refractivity contribution in [3.8, 4) is 11.5 Å². The first kappa shape index (κ1) is 17.7. The minimum atomic E-state index is -0.970. The van der Waals surface area contributed by atoms with Crippen LogP contribution in [0.1, 0.15) is 79.6 Å². The third kappa shape index (κ3) is 2.16. The molecule has 2 N–H and O–H groups in total. The predicted octanol–water partition coefficient (Wildman–Crippen LogP) is 3.63. The first-order valence-electron chi connectivity index (χ1n) is 9.53. The van der Waals surface area contributed by atoms with E-state index in [1.807, 2.05) is 0 Å². The lowest BCUT2D eigenvalue weighted by Gasteiger charge is -2.55. The maximum atomic E-state index is 12.6. The third-order valence-electron chi connectivity index (χ3n) is 7.17. The summed E-state index contributed by atoms with van der Waals surface area (Å²) in [7, 11) is 1.47. The van der Waals surface area contributed by atoms with E-state index in [1.54, 1.807) is 0 Å². The molecule has 3 aliphatic rings. The molecule has 2 aliphatic carbocycles. The first-order valence-corrected chi connectivity index (χ1v) is 9.53. The Morgan fingerprint density at radius 3 is 2.65 bits per heavy atom. The van der Waals surface area contributed by atoms with Crippen LogP contribution in [0.4, 0.5) is 0 Å². The summed E-state index contributed by atoms with van der Waals surface area (Å²) in [6.07, 6.45) is 3.94. The molecule has 142 valence electrons. The van der Waals surface area contributed by atoms with Crippen LogP contribution in [0.5, 0.6) is 11.5 Å². The number of benzene rings is 1. The van der Waals surface area contributed by atoms with Gasteiger partial charge < -0.3 is 19.7 Å². The van der Waals surface area contributed by atoms with Crippen LogP contribution in [0.15, 0.2) is 0 Å². The maximum Gasteiger partial charge on any atom is 0.339 e. The minimum Gasteiger partial charge on any atom is -0.504 e. The number of aliphatic hydroxyl groups is 1. The molecule has 1 aromatic carbocycles. The molecule has 0 amide bonds. The lowest BCUT2D eigenvalue weighted by Crippen LogP contribution is -2.48. The van der Waals surface area contributed by atoms with Gasteiger partial charge in [-0.1, -0.05) is 27.2 Å². The van der Waals surface area contributed by atoms with Crippen molar-refractivity contribution < 1.29 is 24.5 Å². The number of methoxy groups -OCH3 is 1. The number of cyclic esters (lactones) is 1. The molecule has 1 aliphatic heterocycles. The van der Waals surface area contributed by atoms with Crippen LogP contribution in [-0.4, -0.2) is 29.9 Å². The summed E-state index contributed by atoms with van der Waals surface area (Å²) >= 11 is 0. The Bertz CT molecular complexity index is 781. The van der Waals surface area contributed by atoms with Crippen molar-refractivity contribution in [1.82, 2.24) is 0 Å². The largest absolute Gasteiger partial charge is 0.504 e. The number of fused-ring (bicyclic) bond motifs is 5. The molecule has 0 spiro atoms. The summed E-state index contributed by atoms with van der Waals surface area (Å²) < 4.78 is 10.7. The predicted molar refractivity (Wildman–Crippen MR) is 96.7 cm³/mol. The number of aliphatic hydroxyl groups excluding tert-OH is 1. The number of carbonyl (C=O) groups excluding carboxylic acids is 1. The van der Waals surface area contributed by atoms with Crippen molar-refractivity contribution in [2.24, 2.45) is 11.3 Å². The summed E-state index contributed by atoms with van der Waals surface area (Å²) in [5.41, 5.74) is 2.44. The second-order valence-electron chi connectivity index (χ2n) is 8.99. The molecule has 0 saturated heterocycles. The fraction of sp³-hybridized carbons (Fsp3) is 0.667. The highest BCUT2D eigenvalue weighted by Crippen LogP contribution is 2.61. The van der Waals surface area contributed by atoms with Gasteiger partial charge in [0.05, 0.1) is 12.7 Å². The number of hydrogen-bond acceptors (Lipinski definition) is 5. The van der Waals surface area contributed by atoms with E-state index in [2.05, 4.69) is 20.8 Å². The van der Waals surface area contributed by atoms with Crippen molar-refractivity contribution in [1.29, 1.82) is 0 Å². The quantitative estimate of drug-likeness (QED) is 0.748. The van der Waals surface area contributed by atoms with E-state index in [0.717, 1.165) is 30.4 Å². The standard InChI is InChI=1S/C21H28O5/c1-20(2)8-5-9-21(3)13(20)7-6-11-14-15(12(22)10-26-19(14)24)18(25-4)17(23)16(11)21/h12-13,22-23H,5-10H2,1-4H3/t12-,13+,21+/m1/s1. The van der Waals surface area contributed by atoms with E-state index in [1.165, 1.54) is 13.5 Å². The molecule has 1 saturated carbocycles. The van der Waals surface area contributed by atoms with E-state index in [0.29, 0.717) is 23.5 Å². The fourth-order valence-corrected chi connectivity index (χ4v) is 6.14. The lowest BCUT2D eigenvalue weighted by molar-refractivity contribution is 0.0140. The van der Waals surface area contributed by atoms with Crippen LogP contribution in [0, 0.1) is 11.3 Å². The molecule has 26 heavy (non-hydrogen) atoms. The molecule has 1 heterocycles. The molecule has 0 radical (unpaired) electrons. The highest BCUT2D eigenvalue weighted by molar-refractivity contribution is 5.96. The van der Waals surface area contributed by atoms with Gasteiger partial charge in [0.25, 0.3) is 0 Å². The number of rotatable bonds is 1. The Labute approximate surface area is 154 Å². The van der Waals surface area contributed by atoms with Crippen molar-refractivity contribution in [3.05, 3.63) is 22.3 Å². The van der Waals surface area contributed by atoms with Gasteiger partial charge in [-0.15, -0.1) is 0 Å². The van der Waals surface area contributed by atoms with Crippen LogP contribution in [0.2, 0.25) is 0 Å². The van der Waals surface area contributed by atoms with Crippen molar-refractivity contribution >= 4 is 5.97 Å². The molecule has 0 aromatic heterocycles. The second kappa shape index (κ2) is 5.62. The fourth-order valence-electron chi connectivity index (χ4n) is 6.14. The normalized spacial score (nSPS) is 32.1. The smallest absolute Gasteiger partial charge is 0.339 e. The molecule has 5 nitrogen and oxygen atoms in total. The summed E-state index contributed by atoms with van der Waals surface area (Å²) in [6.45, 7) is 6.73. The summed E-state index contributed by atoms with van der Waals surface area (Å²) in [6, 6.07) is 0. The topological polar surface area (TPSA) is 76.0 Å². The highest BCUT2D eigenvalue weighted by Gasteiger charge is 2.53. The molecule has 3 atom stereocenters. The zero-order valence-corrected chi connectivity index (χ0v) is 16.0. The van der Waals surface area contributed by atoms with Gasteiger partial charge in [0.15, 0.2) is 11.5 Å². The highest BCUT2D eigenvalue weighted by atomic mass is 16.5. The number of esters is 1. The molecular weight excluding hydrogens is 332 g/mol. The average Bonchev–Trinajstić information content (AvgIpc) is 2.57. The monoisotopic (exact) mass is 360 g/mol. The molecule has 0 bridgehead atoms. The summed E-state index contributed by atoms with van der Waals surface area (Å²) in [4.78, 5) is 12.6. The molecule has 1 fully saturated rings. The molecule has 4 rings (SSSR count). The van der Waals surface area contributed by atoms with E-state index in [-0.39, 0.29) is 28.9 Å². The number of phenols is 1. The number of aromatic hydroxyl groups is 1. The van der Waals surface area contributed by atoms with E-state index >= 15 is 0 Å². The Morgan fingerprint density at radius 1 is 1.23 bits per heavy atom. The van der Waals surface area contributed by atoms with Crippen LogP contribution in [-0.2, 0) is 16.6 Å². The van der Waals surface area contributed by atoms with Gasteiger partial charge in [0, 0.05) is 11.1 Å². The van der Waals surface area contributed by atoms with E-state index < -0.39 is 12.1 Å². The Hall–Kier alpha value is -1.75. The number of hydrogen-bond donors (Lipinski definition) is 2. The molecule has 5 heteroatoms. The van der Waals surface area contributed by atoms with Crippen LogP contribution >= 0.6 is 0 Å². The van der Waals surface area contributed by atoms with Gasteiger partial charge >= 0.3 is 5.97 Å². The van der Waals surface area contributed by atoms with Crippen LogP contribution < -0.4 is 4.74 Å². The minimum absolute atomic E-state index is 0.0971. The number of carbonyl (C=O) groups is 1. The van der Waals surface area contributed by atoms with Gasteiger partial charge in [0.2, 0.25) is 0 Å². The van der Waals surface area contributed by atoms with Crippen molar-refractivity contribution in [3.63, 3.8) is 0 Å². The Balaban J connectivity index is 2.04. The van der Waals surface area contributed by atoms with Crippen molar-refractivity contribution in [2.75, 3.05) is 13.7 Å². The third-order valence-corrected chi connectivity index (χ3v) is 7.17. The molecule has 0 unspecified atom stereocenters. The van der Waals surface area contributed by atoms with Gasteiger partial charge in [-0.05, 0) is 48.0 Å². The van der Waals surface area contributed by atoms with E-state index in [4.69, 9.17) is 9.47 Å². The van der Waals surface area contributed by atoms with Crippen LogP contribution in [0.25, 0.3) is 0 Å². The number of phenolic OH excluding ortho intramolecular Hbond substituents is 1. The summed E-state index contributed by atoms with van der Waals surface area (Å²) in [5.74, 6) is 0.333. The Kier molecular flexibility index (Phi) is 3.82. The summed E-state index contributed by atoms with van der Waals surface area (Å²) in [5, 5.41) is 21.6. The maximum absolute atomic E-state index is 12.6. The van der Waals surface area contributed by atoms with Gasteiger partial charge in [0.1, 0.15) is 12.7 Å². The van der Waals surface area contributed by atoms with Gasteiger partial charge in [-0.25, -0.2) is 4.79 Å². The van der Waals surface area contributed by atoms with Gasteiger partial charge in [-0.2, -0.15) is 0 Å².